The average molecular weight is 278 g/mol. The molecule has 0 saturated carbocycles. The molecule has 0 aliphatic heterocycles. The molecule has 0 aliphatic carbocycles. The van der Waals surface area contributed by atoms with E-state index in [0.717, 1.165) is 17.6 Å². The summed E-state index contributed by atoms with van der Waals surface area (Å²) in [5.41, 5.74) is 2.11. The first-order chi connectivity index (χ1) is 6.67. The molecule has 1 aromatic carbocycles. The van der Waals surface area contributed by atoms with E-state index in [-0.39, 0.29) is 5.82 Å². The Labute approximate surface area is 96.9 Å². The second kappa shape index (κ2) is 5.52. The molecule has 76 valence electrons. The number of benzene rings is 1. The average Bonchev–Trinajstić information content (AvgIpc) is 2.19. The largest absolute Gasteiger partial charge is 0.206 e. The maximum atomic E-state index is 12.9. The quantitative estimate of drug-likeness (QED) is 0.707. The van der Waals surface area contributed by atoms with Gasteiger partial charge in [-0.2, -0.15) is 0 Å². The minimum atomic E-state index is -0.244. The summed E-state index contributed by atoms with van der Waals surface area (Å²) < 4.78 is 13.4. The number of halogens is 3. The van der Waals surface area contributed by atoms with Crippen molar-refractivity contribution < 1.29 is 4.39 Å². The van der Waals surface area contributed by atoms with Crippen LogP contribution in [0.25, 0.3) is 6.08 Å². The van der Waals surface area contributed by atoms with Crippen LogP contribution in [0, 0.1) is 5.82 Å². The maximum Gasteiger partial charge on any atom is 0.137 e. The van der Waals surface area contributed by atoms with E-state index in [1.54, 1.807) is 12.1 Å². The van der Waals surface area contributed by atoms with Crippen LogP contribution in [-0.2, 0) is 0 Å². The van der Waals surface area contributed by atoms with Crippen LogP contribution in [0.4, 0.5) is 4.39 Å². The molecule has 0 spiro atoms. The van der Waals surface area contributed by atoms with Crippen molar-refractivity contribution in [2.75, 3.05) is 5.88 Å². The fourth-order valence-electron chi connectivity index (χ4n) is 1.07. The van der Waals surface area contributed by atoms with Gasteiger partial charge in [0.1, 0.15) is 5.82 Å². The van der Waals surface area contributed by atoms with Gasteiger partial charge in [0.25, 0.3) is 0 Å². The minimum absolute atomic E-state index is 0.244. The van der Waals surface area contributed by atoms with Crippen molar-refractivity contribution in [3.05, 3.63) is 39.6 Å². The highest BCUT2D eigenvalue weighted by Crippen LogP contribution is 2.19. The van der Waals surface area contributed by atoms with Gasteiger partial charge in [-0.05, 0) is 40.0 Å². The van der Waals surface area contributed by atoms with Crippen LogP contribution in [0.2, 0.25) is 0 Å². The fourth-order valence-corrected chi connectivity index (χ4v) is 1.74. The molecule has 0 nitrogen and oxygen atoms in total. The summed E-state index contributed by atoms with van der Waals surface area (Å²) in [5.74, 6) is 0.275. The summed E-state index contributed by atoms with van der Waals surface area (Å²) in [4.78, 5) is 0. The SMILES string of the molecule is CC/C(=C/c1ccc(F)c(Br)c1)CCl. The molecule has 14 heavy (non-hydrogen) atoms. The third-order valence-corrected chi connectivity index (χ3v) is 2.89. The van der Waals surface area contributed by atoms with Crippen LogP contribution in [0.3, 0.4) is 0 Å². The van der Waals surface area contributed by atoms with Gasteiger partial charge in [0.05, 0.1) is 4.47 Å². The lowest BCUT2D eigenvalue weighted by Crippen LogP contribution is -1.84. The molecule has 0 unspecified atom stereocenters. The van der Waals surface area contributed by atoms with Crippen molar-refractivity contribution in [1.82, 2.24) is 0 Å². The normalized spacial score (nSPS) is 11.9. The minimum Gasteiger partial charge on any atom is -0.206 e. The highest BCUT2D eigenvalue weighted by atomic mass is 79.9. The lowest BCUT2D eigenvalue weighted by Gasteiger charge is -2.01. The van der Waals surface area contributed by atoms with E-state index in [1.165, 1.54) is 6.07 Å². The first kappa shape index (κ1) is 11.7. The lowest BCUT2D eigenvalue weighted by atomic mass is 10.1. The smallest absolute Gasteiger partial charge is 0.137 e. The Hall–Kier alpha value is -0.340. The van der Waals surface area contributed by atoms with Gasteiger partial charge < -0.3 is 0 Å². The maximum absolute atomic E-state index is 12.9. The molecule has 0 saturated heterocycles. The molecule has 0 aromatic heterocycles. The molecule has 0 heterocycles. The van der Waals surface area contributed by atoms with Gasteiger partial charge in [0.2, 0.25) is 0 Å². The van der Waals surface area contributed by atoms with Gasteiger partial charge in [0, 0.05) is 5.88 Å². The van der Waals surface area contributed by atoms with Gasteiger partial charge >= 0.3 is 0 Å². The molecule has 0 amide bonds. The van der Waals surface area contributed by atoms with E-state index in [1.807, 2.05) is 13.0 Å². The van der Waals surface area contributed by atoms with Gasteiger partial charge in [-0.25, -0.2) is 4.39 Å². The summed E-state index contributed by atoms with van der Waals surface area (Å²) in [6.45, 7) is 2.05. The second-order valence-corrected chi connectivity index (χ2v) is 4.08. The van der Waals surface area contributed by atoms with Gasteiger partial charge in [-0.15, -0.1) is 11.6 Å². The zero-order valence-corrected chi connectivity index (χ0v) is 10.2. The lowest BCUT2D eigenvalue weighted by molar-refractivity contribution is 0.621. The Bertz CT molecular complexity index is 341. The van der Waals surface area contributed by atoms with Crippen molar-refractivity contribution in [2.45, 2.75) is 13.3 Å². The molecule has 0 fully saturated rings. The van der Waals surface area contributed by atoms with Crippen LogP contribution in [-0.4, -0.2) is 5.88 Å². The molecular weight excluding hydrogens is 266 g/mol. The highest BCUT2D eigenvalue weighted by Gasteiger charge is 1.99. The Morgan fingerprint density at radius 3 is 2.79 bits per heavy atom. The number of rotatable bonds is 3. The van der Waals surface area contributed by atoms with E-state index < -0.39 is 0 Å². The van der Waals surface area contributed by atoms with Gasteiger partial charge in [-0.3, -0.25) is 0 Å². The first-order valence-electron chi connectivity index (χ1n) is 4.37. The van der Waals surface area contributed by atoms with E-state index in [9.17, 15) is 4.39 Å². The van der Waals surface area contributed by atoms with Gasteiger partial charge in [-0.1, -0.05) is 24.6 Å². The van der Waals surface area contributed by atoms with E-state index in [2.05, 4.69) is 15.9 Å². The van der Waals surface area contributed by atoms with E-state index in [4.69, 9.17) is 11.6 Å². The standard InChI is InChI=1S/C11H11BrClF/c1-2-8(7-13)5-9-3-4-11(14)10(12)6-9/h3-6H,2,7H2,1H3/b8-5-. The van der Waals surface area contributed by atoms with Crippen LogP contribution in [0.5, 0.6) is 0 Å². The summed E-state index contributed by atoms with van der Waals surface area (Å²) in [6, 6.07) is 4.93. The first-order valence-corrected chi connectivity index (χ1v) is 5.70. The predicted octanol–water partition coefficient (Wildman–Crippen LogP) is 4.62. The molecule has 0 N–H and O–H groups in total. The van der Waals surface area contributed by atoms with Crippen molar-refractivity contribution in [2.24, 2.45) is 0 Å². The second-order valence-electron chi connectivity index (χ2n) is 2.96. The van der Waals surface area contributed by atoms with Crippen molar-refractivity contribution in [1.29, 1.82) is 0 Å². The third kappa shape index (κ3) is 3.10. The fraction of sp³-hybridized carbons (Fsp3) is 0.273. The zero-order chi connectivity index (χ0) is 10.6. The van der Waals surface area contributed by atoms with Crippen LogP contribution in [0.15, 0.2) is 28.2 Å². The number of hydrogen-bond acceptors (Lipinski definition) is 0. The van der Waals surface area contributed by atoms with Gasteiger partial charge in [0.15, 0.2) is 0 Å². The molecule has 3 heteroatoms. The molecule has 0 radical (unpaired) electrons. The van der Waals surface area contributed by atoms with Crippen LogP contribution < -0.4 is 0 Å². The predicted molar refractivity (Wildman–Crippen MR) is 63.1 cm³/mol. The number of alkyl halides is 1. The Morgan fingerprint density at radius 1 is 1.57 bits per heavy atom. The molecule has 0 atom stereocenters. The number of allylic oxidation sites excluding steroid dienone is 1. The molecule has 1 aromatic rings. The van der Waals surface area contributed by atoms with E-state index >= 15 is 0 Å². The summed E-state index contributed by atoms with van der Waals surface area (Å²) in [5, 5.41) is 0. The van der Waals surface area contributed by atoms with Crippen LogP contribution >= 0.6 is 27.5 Å². The van der Waals surface area contributed by atoms with Crippen molar-refractivity contribution in [3.63, 3.8) is 0 Å². The Balaban J connectivity index is 2.97. The molecule has 0 aliphatic rings. The van der Waals surface area contributed by atoms with Crippen molar-refractivity contribution >= 4 is 33.6 Å². The highest BCUT2D eigenvalue weighted by molar-refractivity contribution is 9.10. The summed E-state index contributed by atoms with van der Waals surface area (Å²) >= 11 is 8.88. The molecule has 1 rings (SSSR count). The third-order valence-electron chi connectivity index (χ3n) is 1.94. The summed E-state index contributed by atoms with van der Waals surface area (Å²) in [7, 11) is 0. The Morgan fingerprint density at radius 2 is 2.29 bits per heavy atom. The Kier molecular flexibility index (Phi) is 4.63. The number of hydrogen-bond donors (Lipinski definition) is 0. The topological polar surface area (TPSA) is 0 Å². The molecule has 0 bridgehead atoms. The van der Waals surface area contributed by atoms with E-state index in [0.29, 0.717) is 10.4 Å². The zero-order valence-electron chi connectivity index (χ0n) is 7.86. The van der Waals surface area contributed by atoms with Crippen molar-refractivity contribution in [3.8, 4) is 0 Å². The monoisotopic (exact) mass is 276 g/mol. The van der Waals surface area contributed by atoms with Crippen LogP contribution in [0.1, 0.15) is 18.9 Å². The molecular formula is C11H11BrClF. The summed E-state index contributed by atoms with van der Waals surface area (Å²) in [6.07, 6.45) is 2.90.